The fraction of sp³-hybridized carbons (Fsp3) is 0.263. The van der Waals surface area contributed by atoms with Crippen LogP contribution in [-0.2, 0) is 23.9 Å². The van der Waals surface area contributed by atoms with E-state index in [-0.39, 0.29) is 23.5 Å². The van der Waals surface area contributed by atoms with Gasteiger partial charge in [0.1, 0.15) is 5.82 Å². The normalized spacial score (nSPS) is 13.1. The lowest BCUT2D eigenvalue weighted by atomic mass is 10.0. The Bertz CT molecular complexity index is 1050. The van der Waals surface area contributed by atoms with E-state index in [1.807, 2.05) is 0 Å². The van der Waals surface area contributed by atoms with Crippen LogP contribution in [0.5, 0.6) is 0 Å². The number of alkyl halides is 3. The third kappa shape index (κ3) is 4.11. The van der Waals surface area contributed by atoms with Crippen molar-refractivity contribution < 1.29 is 27.5 Å². The second kappa shape index (κ2) is 7.43. The summed E-state index contributed by atoms with van der Waals surface area (Å²) in [6.07, 6.45) is -4.48. The monoisotopic (exact) mass is 414 g/mol. The van der Waals surface area contributed by atoms with Crippen molar-refractivity contribution in [2.75, 3.05) is 0 Å². The second-order valence-corrected chi connectivity index (χ2v) is 6.92. The molecule has 9 heteroatoms. The number of rotatable bonds is 5. The first-order valence-electron chi connectivity index (χ1n) is 8.29. The summed E-state index contributed by atoms with van der Waals surface area (Å²) in [4.78, 5) is 11.2. The number of fused-ring (bicyclic) bond motifs is 1. The molecule has 0 aliphatic heterocycles. The minimum absolute atomic E-state index is 0.0123. The molecule has 2 aromatic carbocycles. The van der Waals surface area contributed by atoms with Crippen LogP contribution in [-0.4, -0.2) is 20.9 Å². The van der Waals surface area contributed by atoms with Crippen LogP contribution in [0.25, 0.3) is 10.9 Å². The lowest BCUT2D eigenvalue weighted by molar-refractivity contribution is -0.141. The van der Waals surface area contributed by atoms with Crippen LogP contribution >= 0.6 is 11.6 Å². The number of carboxylic acids is 1. The van der Waals surface area contributed by atoms with E-state index in [9.17, 15) is 22.4 Å². The maximum atomic E-state index is 13.3. The number of nitrogens with zero attached hydrogens (tertiary/aromatic N) is 2. The minimum Gasteiger partial charge on any atom is -0.481 e. The van der Waals surface area contributed by atoms with Gasteiger partial charge in [0.05, 0.1) is 29.2 Å². The Balaban J connectivity index is 2.11. The van der Waals surface area contributed by atoms with Crippen molar-refractivity contribution in [3.8, 4) is 0 Å². The van der Waals surface area contributed by atoms with Crippen LogP contribution in [0.15, 0.2) is 36.4 Å². The highest BCUT2D eigenvalue weighted by molar-refractivity contribution is 6.31. The molecule has 0 bridgehead atoms. The van der Waals surface area contributed by atoms with Gasteiger partial charge in [-0.1, -0.05) is 30.7 Å². The van der Waals surface area contributed by atoms with Crippen LogP contribution in [0.2, 0.25) is 5.02 Å². The van der Waals surface area contributed by atoms with E-state index in [1.54, 1.807) is 0 Å². The Kier molecular flexibility index (Phi) is 5.34. The van der Waals surface area contributed by atoms with E-state index < -0.39 is 29.4 Å². The summed E-state index contributed by atoms with van der Waals surface area (Å²) < 4.78 is 54.0. The molecule has 28 heavy (non-hydrogen) atoms. The molecule has 0 amide bonds. The molecule has 1 N–H and O–H groups in total. The van der Waals surface area contributed by atoms with Gasteiger partial charge < -0.3 is 5.11 Å². The maximum Gasteiger partial charge on any atom is 0.416 e. The number of halogens is 5. The van der Waals surface area contributed by atoms with Crippen molar-refractivity contribution in [1.82, 2.24) is 9.78 Å². The van der Waals surface area contributed by atoms with Gasteiger partial charge in [-0.3, -0.25) is 9.48 Å². The standard InChI is InChI=1S/C19H15ClF4N2O2/c1-10(18(27)28)6-16-14-5-3-12(19(22,23)24)7-17(14)26(25-16)9-11-2-4-13(21)8-15(11)20/h2-5,7-8,10H,6,9H2,1H3,(H,27,28). The number of aliphatic carboxylic acids is 1. The first-order chi connectivity index (χ1) is 13.1. The Labute approximate surface area is 162 Å². The molecule has 0 aliphatic rings. The third-order valence-corrected chi connectivity index (χ3v) is 4.76. The first-order valence-corrected chi connectivity index (χ1v) is 8.67. The molecule has 0 saturated carbocycles. The number of benzene rings is 2. The summed E-state index contributed by atoms with van der Waals surface area (Å²) in [5, 5.41) is 14.0. The van der Waals surface area contributed by atoms with Crippen molar-refractivity contribution >= 4 is 28.5 Å². The van der Waals surface area contributed by atoms with Gasteiger partial charge in [0.15, 0.2) is 0 Å². The Hall–Kier alpha value is -2.61. The van der Waals surface area contributed by atoms with Crippen LogP contribution in [0, 0.1) is 11.7 Å². The van der Waals surface area contributed by atoms with Crippen LogP contribution in [0.3, 0.4) is 0 Å². The van der Waals surface area contributed by atoms with Crippen molar-refractivity contribution in [1.29, 1.82) is 0 Å². The molecule has 3 aromatic rings. The molecule has 0 spiro atoms. The van der Waals surface area contributed by atoms with Crippen LogP contribution < -0.4 is 0 Å². The van der Waals surface area contributed by atoms with E-state index >= 15 is 0 Å². The molecule has 148 valence electrons. The topological polar surface area (TPSA) is 55.1 Å². The molecular weight excluding hydrogens is 400 g/mol. The van der Waals surface area contributed by atoms with Gasteiger partial charge in [-0.25, -0.2) is 4.39 Å². The minimum atomic E-state index is -4.54. The zero-order chi connectivity index (χ0) is 20.6. The summed E-state index contributed by atoms with van der Waals surface area (Å²) in [6.45, 7) is 1.51. The zero-order valence-corrected chi connectivity index (χ0v) is 15.4. The number of hydrogen-bond donors (Lipinski definition) is 1. The number of hydrogen-bond acceptors (Lipinski definition) is 2. The molecule has 1 aromatic heterocycles. The van der Waals surface area contributed by atoms with Gasteiger partial charge in [-0.2, -0.15) is 18.3 Å². The average molecular weight is 415 g/mol. The molecule has 1 heterocycles. The lowest BCUT2D eigenvalue weighted by Gasteiger charge is -2.09. The predicted molar refractivity (Wildman–Crippen MR) is 95.8 cm³/mol. The van der Waals surface area contributed by atoms with Crippen LogP contribution in [0.1, 0.15) is 23.7 Å². The van der Waals surface area contributed by atoms with E-state index in [0.29, 0.717) is 16.6 Å². The quantitative estimate of drug-likeness (QED) is 0.587. The first kappa shape index (κ1) is 20.1. The summed E-state index contributed by atoms with van der Waals surface area (Å²) in [6, 6.07) is 6.93. The van der Waals surface area contributed by atoms with E-state index in [1.165, 1.54) is 29.8 Å². The Morgan fingerprint density at radius 2 is 1.96 bits per heavy atom. The fourth-order valence-electron chi connectivity index (χ4n) is 2.88. The highest BCUT2D eigenvalue weighted by Gasteiger charge is 2.31. The highest BCUT2D eigenvalue weighted by atomic mass is 35.5. The van der Waals surface area contributed by atoms with Crippen LogP contribution in [0.4, 0.5) is 17.6 Å². The van der Waals surface area contributed by atoms with Gasteiger partial charge in [0.25, 0.3) is 0 Å². The second-order valence-electron chi connectivity index (χ2n) is 6.51. The van der Waals surface area contributed by atoms with Crippen molar-refractivity contribution in [2.24, 2.45) is 5.92 Å². The van der Waals surface area contributed by atoms with Gasteiger partial charge in [-0.05, 0) is 29.8 Å². The largest absolute Gasteiger partial charge is 0.481 e. The molecular formula is C19H15ClF4N2O2. The third-order valence-electron chi connectivity index (χ3n) is 4.41. The maximum absolute atomic E-state index is 13.3. The summed E-state index contributed by atoms with van der Waals surface area (Å²) in [5.74, 6) is -2.33. The Morgan fingerprint density at radius 3 is 2.57 bits per heavy atom. The van der Waals surface area contributed by atoms with Crippen molar-refractivity contribution in [2.45, 2.75) is 26.1 Å². The molecule has 4 nitrogen and oxygen atoms in total. The van der Waals surface area contributed by atoms with E-state index in [0.717, 1.165) is 18.2 Å². The zero-order valence-electron chi connectivity index (χ0n) is 14.6. The number of carboxylic acid groups (broad SMARTS) is 1. The molecule has 0 aliphatic carbocycles. The van der Waals surface area contributed by atoms with Gasteiger partial charge in [0.2, 0.25) is 0 Å². The average Bonchev–Trinajstić information content (AvgIpc) is 2.93. The molecule has 0 fully saturated rings. The summed E-state index contributed by atoms with van der Waals surface area (Å²) in [5.41, 5.74) is 0.201. The van der Waals surface area contributed by atoms with Crippen molar-refractivity contribution in [3.63, 3.8) is 0 Å². The van der Waals surface area contributed by atoms with Crippen molar-refractivity contribution in [3.05, 3.63) is 64.1 Å². The summed E-state index contributed by atoms with van der Waals surface area (Å²) in [7, 11) is 0. The van der Waals surface area contributed by atoms with E-state index in [4.69, 9.17) is 16.7 Å². The van der Waals surface area contributed by atoms with Gasteiger partial charge in [0, 0.05) is 16.8 Å². The Morgan fingerprint density at radius 1 is 1.25 bits per heavy atom. The molecule has 3 rings (SSSR count). The predicted octanol–water partition coefficient (Wildman–Crippen LogP) is 5.16. The van der Waals surface area contributed by atoms with Gasteiger partial charge >= 0.3 is 12.1 Å². The molecule has 1 atom stereocenters. The SMILES string of the molecule is CC(Cc1nn(Cc2ccc(F)cc2Cl)c2cc(C(F)(F)F)ccc12)C(=O)O. The summed E-state index contributed by atoms with van der Waals surface area (Å²) >= 11 is 6.03. The fourth-order valence-corrected chi connectivity index (χ4v) is 3.11. The molecule has 0 radical (unpaired) electrons. The molecule has 0 saturated heterocycles. The number of aromatic nitrogens is 2. The highest BCUT2D eigenvalue weighted by Crippen LogP contribution is 2.33. The lowest BCUT2D eigenvalue weighted by Crippen LogP contribution is -2.13. The smallest absolute Gasteiger partial charge is 0.416 e. The number of carbonyl (C=O) groups is 1. The molecule has 1 unspecified atom stereocenters. The van der Waals surface area contributed by atoms with Gasteiger partial charge in [-0.15, -0.1) is 0 Å². The van der Waals surface area contributed by atoms with E-state index in [2.05, 4.69) is 5.10 Å².